The van der Waals surface area contributed by atoms with Gasteiger partial charge in [0.15, 0.2) is 5.65 Å². The molecule has 0 spiro atoms. The molecule has 0 bridgehead atoms. The predicted molar refractivity (Wildman–Crippen MR) is 163 cm³/mol. The van der Waals surface area contributed by atoms with Gasteiger partial charge in [0, 0.05) is 53.5 Å². The van der Waals surface area contributed by atoms with E-state index in [9.17, 15) is 17.6 Å². The number of sulfonamides is 1. The Morgan fingerprint density at radius 3 is 2.60 bits per heavy atom. The van der Waals surface area contributed by atoms with Gasteiger partial charge in [-0.3, -0.25) is 14.9 Å². The summed E-state index contributed by atoms with van der Waals surface area (Å²) in [6.45, 7) is 1.91. The number of hydrogen-bond acceptors (Lipinski definition) is 7. The van der Waals surface area contributed by atoms with Crippen molar-refractivity contribution in [3.8, 4) is 33.6 Å². The smallest absolute Gasteiger partial charge is 0.224 e. The highest BCUT2D eigenvalue weighted by Gasteiger charge is 2.17. The summed E-state index contributed by atoms with van der Waals surface area (Å²) in [5.41, 5.74) is 6.42. The molecule has 4 N–H and O–H groups in total. The van der Waals surface area contributed by atoms with Gasteiger partial charge in [0.05, 0.1) is 23.8 Å². The maximum Gasteiger partial charge on any atom is 0.224 e. The van der Waals surface area contributed by atoms with Crippen LogP contribution in [-0.4, -0.2) is 50.7 Å². The van der Waals surface area contributed by atoms with Crippen LogP contribution in [0.5, 0.6) is 0 Å². The summed E-state index contributed by atoms with van der Waals surface area (Å²) >= 11 is 0. The molecule has 0 aliphatic rings. The van der Waals surface area contributed by atoms with Crippen molar-refractivity contribution in [2.24, 2.45) is 0 Å². The average Bonchev–Trinajstić information content (AvgIpc) is 3.59. The average molecular weight is 599 g/mol. The van der Waals surface area contributed by atoms with Crippen LogP contribution in [0.25, 0.3) is 55.7 Å². The Kier molecular flexibility index (Phi) is 7.42. The molecule has 1 aromatic carbocycles. The molecule has 5 aromatic heterocycles. The number of anilines is 1. The number of aromatic amines is 2. The number of carbonyl (C=O) groups excluding carboxylic acids is 1. The Balaban J connectivity index is 1.37. The first-order valence-electron chi connectivity index (χ1n) is 13.5. The number of hydrogen-bond donors (Lipinski definition) is 4. The maximum atomic E-state index is 14.6. The molecule has 13 heteroatoms. The van der Waals surface area contributed by atoms with Crippen molar-refractivity contribution in [1.29, 1.82) is 0 Å². The van der Waals surface area contributed by atoms with E-state index in [-0.39, 0.29) is 12.5 Å². The molecular formula is C30H27FN8O3S. The highest BCUT2D eigenvalue weighted by Crippen LogP contribution is 2.34. The van der Waals surface area contributed by atoms with Crippen LogP contribution in [0.3, 0.4) is 0 Å². The van der Waals surface area contributed by atoms with Gasteiger partial charge in [-0.1, -0.05) is 6.92 Å². The zero-order valence-corrected chi connectivity index (χ0v) is 24.1. The van der Waals surface area contributed by atoms with E-state index in [1.54, 1.807) is 36.9 Å². The minimum atomic E-state index is -3.44. The normalized spacial score (nSPS) is 11.8. The van der Waals surface area contributed by atoms with E-state index in [1.807, 2.05) is 25.1 Å². The SMILES string of the molecule is CCCC(=O)Nc1cncc(-c2cnc3[nH]nc(-c4cc5c(-c6cc(F)cc(CNS(C)(=O)=O)c6)ccnc5[nH]4)c3c2)c1. The number of nitrogens with zero attached hydrogens (tertiary/aromatic N) is 4. The quantitative estimate of drug-likeness (QED) is 0.179. The predicted octanol–water partition coefficient (Wildman–Crippen LogP) is 5.16. The summed E-state index contributed by atoms with van der Waals surface area (Å²) in [6.07, 6.45) is 8.88. The van der Waals surface area contributed by atoms with Gasteiger partial charge in [0.2, 0.25) is 15.9 Å². The first-order chi connectivity index (χ1) is 20.7. The van der Waals surface area contributed by atoms with E-state index in [4.69, 9.17) is 0 Å². The minimum absolute atomic E-state index is 0.0334. The minimum Gasteiger partial charge on any atom is -0.338 e. The number of amides is 1. The molecule has 0 fully saturated rings. The van der Waals surface area contributed by atoms with Crippen molar-refractivity contribution >= 4 is 43.7 Å². The van der Waals surface area contributed by atoms with Crippen LogP contribution in [-0.2, 0) is 21.4 Å². The maximum absolute atomic E-state index is 14.6. The zero-order chi connectivity index (χ0) is 30.1. The van der Waals surface area contributed by atoms with Gasteiger partial charge in [0.25, 0.3) is 0 Å². The molecule has 6 rings (SSSR count). The summed E-state index contributed by atoms with van der Waals surface area (Å²) in [5, 5.41) is 11.8. The van der Waals surface area contributed by atoms with Crippen molar-refractivity contribution in [1.82, 2.24) is 34.9 Å². The summed E-state index contributed by atoms with van der Waals surface area (Å²) < 4.78 is 40.1. The van der Waals surface area contributed by atoms with Crippen LogP contribution in [0.15, 0.2) is 67.3 Å². The molecule has 0 aliphatic carbocycles. The first kappa shape index (κ1) is 28.1. The molecule has 5 heterocycles. The summed E-state index contributed by atoms with van der Waals surface area (Å²) in [7, 11) is -3.44. The van der Waals surface area contributed by atoms with Crippen LogP contribution in [0.4, 0.5) is 10.1 Å². The summed E-state index contributed by atoms with van der Waals surface area (Å²) in [5.74, 6) is -0.553. The summed E-state index contributed by atoms with van der Waals surface area (Å²) in [6, 6.07) is 11.9. The van der Waals surface area contributed by atoms with Crippen LogP contribution >= 0.6 is 0 Å². The highest BCUT2D eigenvalue weighted by atomic mass is 32.2. The van der Waals surface area contributed by atoms with Crippen molar-refractivity contribution in [3.63, 3.8) is 0 Å². The highest BCUT2D eigenvalue weighted by molar-refractivity contribution is 7.88. The monoisotopic (exact) mass is 598 g/mol. The second-order valence-electron chi connectivity index (χ2n) is 10.2. The molecule has 11 nitrogen and oxygen atoms in total. The van der Waals surface area contributed by atoms with Gasteiger partial charge in [-0.15, -0.1) is 0 Å². The molecule has 0 radical (unpaired) electrons. The Morgan fingerprint density at radius 2 is 1.79 bits per heavy atom. The second kappa shape index (κ2) is 11.3. The lowest BCUT2D eigenvalue weighted by Crippen LogP contribution is -2.21. The molecule has 0 atom stereocenters. The number of nitrogens with one attached hydrogen (secondary N) is 4. The molecule has 0 unspecified atom stereocenters. The number of fused-ring (bicyclic) bond motifs is 2. The van der Waals surface area contributed by atoms with Gasteiger partial charge in [0.1, 0.15) is 17.2 Å². The van der Waals surface area contributed by atoms with Gasteiger partial charge < -0.3 is 10.3 Å². The molecule has 43 heavy (non-hydrogen) atoms. The van der Waals surface area contributed by atoms with Gasteiger partial charge in [-0.05, 0) is 65.6 Å². The third-order valence-corrected chi connectivity index (χ3v) is 7.51. The lowest BCUT2D eigenvalue weighted by Gasteiger charge is -2.08. The molecule has 6 aromatic rings. The largest absolute Gasteiger partial charge is 0.338 e. The van der Waals surface area contributed by atoms with E-state index in [0.717, 1.165) is 40.1 Å². The fraction of sp³-hybridized carbons (Fsp3) is 0.167. The van der Waals surface area contributed by atoms with Gasteiger partial charge in [-0.2, -0.15) is 5.10 Å². The summed E-state index contributed by atoms with van der Waals surface area (Å²) in [4.78, 5) is 28.7. The number of H-pyrrole nitrogens is 2. The lowest BCUT2D eigenvalue weighted by atomic mass is 10.0. The molecular weight excluding hydrogens is 571 g/mol. The topological polar surface area (TPSA) is 158 Å². The number of halogens is 1. The van der Waals surface area contributed by atoms with Gasteiger partial charge in [-0.25, -0.2) is 27.5 Å². The Labute approximate surface area is 246 Å². The van der Waals surface area contributed by atoms with Crippen LogP contribution < -0.4 is 10.0 Å². The molecule has 1 amide bonds. The molecule has 218 valence electrons. The fourth-order valence-corrected chi connectivity index (χ4v) is 5.34. The van der Waals surface area contributed by atoms with Crippen LogP contribution in [0.1, 0.15) is 25.3 Å². The van der Waals surface area contributed by atoms with E-state index in [1.165, 1.54) is 12.1 Å². The van der Waals surface area contributed by atoms with Crippen LogP contribution in [0, 0.1) is 5.82 Å². The van der Waals surface area contributed by atoms with E-state index >= 15 is 0 Å². The third-order valence-electron chi connectivity index (χ3n) is 6.84. The van der Waals surface area contributed by atoms with Crippen LogP contribution in [0.2, 0.25) is 0 Å². The van der Waals surface area contributed by atoms with Gasteiger partial charge >= 0.3 is 0 Å². The zero-order valence-electron chi connectivity index (χ0n) is 23.3. The lowest BCUT2D eigenvalue weighted by molar-refractivity contribution is -0.116. The second-order valence-corrected chi connectivity index (χ2v) is 12.0. The Morgan fingerprint density at radius 1 is 0.953 bits per heavy atom. The number of benzene rings is 1. The fourth-order valence-electron chi connectivity index (χ4n) is 4.91. The third kappa shape index (κ3) is 6.12. The molecule has 0 aliphatic heterocycles. The standard InChI is InChI=1S/C30H27FN8O3S/c1-3-4-27(40)36-22-10-19(14-32-16-22)20-11-25-28(38-39-30(25)34-15-20)26-12-24-23(5-6-33-29(24)37-26)18-7-17(8-21(31)9-18)13-35-43(2,41)42/h5-12,14-16,35H,3-4,13H2,1-2H3,(H,33,37)(H,36,40)(H,34,38,39). The van der Waals surface area contributed by atoms with E-state index in [0.29, 0.717) is 45.9 Å². The number of aromatic nitrogens is 6. The Bertz CT molecular complexity index is 2110. The molecule has 0 saturated carbocycles. The van der Waals surface area contributed by atoms with Crippen molar-refractivity contribution in [3.05, 3.63) is 78.6 Å². The number of pyridine rings is 3. The Hall–Kier alpha value is -5.01. The number of carbonyl (C=O) groups is 1. The van der Waals surface area contributed by atoms with E-state index < -0.39 is 15.8 Å². The van der Waals surface area contributed by atoms with Crippen molar-refractivity contribution in [2.45, 2.75) is 26.3 Å². The first-order valence-corrected chi connectivity index (χ1v) is 15.4. The van der Waals surface area contributed by atoms with E-state index in [2.05, 4.69) is 40.2 Å². The number of rotatable bonds is 9. The van der Waals surface area contributed by atoms with Crippen molar-refractivity contribution < 1.29 is 17.6 Å². The van der Waals surface area contributed by atoms with Crippen molar-refractivity contribution in [2.75, 3.05) is 11.6 Å². The molecule has 0 saturated heterocycles.